The zero-order valence-corrected chi connectivity index (χ0v) is 10.8. The first kappa shape index (κ1) is 12.4. The van der Waals surface area contributed by atoms with Crippen LogP contribution in [0.4, 0.5) is 10.1 Å². The lowest BCUT2D eigenvalue weighted by atomic mass is 10.1. The monoisotopic (exact) mass is 272 g/mol. The van der Waals surface area contributed by atoms with Gasteiger partial charge in [0.2, 0.25) is 0 Å². The molecule has 1 aromatic rings. The van der Waals surface area contributed by atoms with Crippen LogP contribution in [0.3, 0.4) is 0 Å². The third-order valence-electron chi connectivity index (χ3n) is 2.76. The molecule has 1 aromatic carbocycles. The Morgan fingerprint density at radius 1 is 1.41 bits per heavy atom. The third kappa shape index (κ3) is 2.63. The second-order valence-corrected chi connectivity index (χ2v) is 5.97. The number of anilines is 1. The summed E-state index contributed by atoms with van der Waals surface area (Å²) in [4.78, 5) is 2.05. The van der Waals surface area contributed by atoms with E-state index >= 15 is 0 Å². The van der Waals surface area contributed by atoms with Crippen molar-refractivity contribution >= 4 is 33.7 Å². The van der Waals surface area contributed by atoms with Crippen LogP contribution in [0, 0.1) is 5.82 Å². The molecule has 1 saturated heterocycles. The molecule has 1 aliphatic rings. The normalized spacial score (nSPS) is 17.1. The first-order valence-corrected chi connectivity index (χ1v) is 7.17. The highest BCUT2D eigenvalue weighted by Crippen LogP contribution is 2.24. The molecule has 17 heavy (non-hydrogen) atoms. The number of thiocarbonyl (C=S) groups is 1. The molecule has 0 radical (unpaired) electrons. The van der Waals surface area contributed by atoms with Gasteiger partial charge in [-0.25, -0.2) is 4.39 Å². The molecule has 1 aliphatic heterocycles. The van der Waals surface area contributed by atoms with Crippen LogP contribution in [0.2, 0.25) is 0 Å². The van der Waals surface area contributed by atoms with Gasteiger partial charge in [0.25, 0.3) is 0 Å². The SMILES string of the molecule is NC(=S)c1c(F)cccc1N1CCS(=O)CC1. The van der Waals surface area contributed by atoms with Gasteiger partial charge in [0.05, 0.1) is 5.56 Å². The number of hydrogen-bond donors (Lipinski definition) is 1. The molecular formula is C11H13FN2OS2. The Morgan fingerprint density at radius 3 is 2.65 bits per heavy atom. The summed E-state index contributed by atoms with van der Waals surface area (Å²) < 4.78 is 25.0. The van der Waals surface area contributed by atoms with Crippen molar-refractivity contribution in [1.82, 2.24) is 0 Å². The van der Waals surface area contributed by atoms with Crippen LogP contribution in [0.1, 0.15) is 5.56 Å². The maximum absolute atomic E-state index is 13.7. The van der Waals surface area contributed by atoms with Crippen LogP contribution in [0.25, 0.3) is 0 Å². The highest BCUT2D eigenvalue weighted by atomic mass is 32.2. The number of rotatable bonds is 2. The number of nitrogens with zero attached hydrogens (tertiary/aromatic N) is 1. The fourth-order valence-corrected chi connectivity index (χ4v) is 3.15. The van der Waals surface area contributed by atoms with E-state index in [9.17, 15) is 8.60 Å². The lowest BCUT2D eigenvalue weighted by molar-refractivity contribution is 0.624. The molecule has 0 amide bonds. The molecule has 3 nitrogen and oxygen atoms in total. The van der Waals surface area contributed by atoms with Gasteiger partial charge in [-0.1, -0.05) is 18.3 Å². The van der Waals surface area contributed by atoms with Gasteiger partial charge in [-0.15, -0.1) is 0 Å². The Morgan fingerprint density at radius 2 is 2.06 bits per heavy atom. The number of nitrogens with two attached hydrogens (primary N) is 1. The molecule has 0 aliphatic carbocycles. The molecular weight excluding hydrogens is 259 g/mol. The molecule has 1 heterocycles. The quantitative estimate of drug-likeness (QED) is 0.817. The standard InChI is InChI=1S/C11H13FN2OS2/c12-8-2-1-3-9(10(8)11(13)16)14-4-6-17(15)7-5-14/h1-3H,4-7H2,(H2,13,16). The molecule has 6 heteroatoms. The molecule has 0 bridgehead atoms. The molecule has 0 atom stereocenters. The summed E-state index contributed by atoms with van der Waals surface area (Å²) in [6.45, 7) is 1.29. The van der Waals surface area contributed by atoms with Gasteiger partial charge in [0.1, 0.15) is 10.8 Å². The Balaban J connectivity index is 2.35. The molecule has 0 aromatic heterocycles. The lowest BCUT2D eigenvalue weighted by Crippen LogP contribution is -2.39. The van der Waals surface area contributed by atoms with Crippen LogP contribution in [0.5, 0.6) is 0 Å². The molecule has 2 rings (SSSR count). The Kier molecular flexibility index (Phi) is 3.73. The second-order valence-electron chi connectivity index (χ2n) is 3.83. The second kappa shape index (κ2) is 5.10. The van der Waals surface area contributed by atoms with Gasteiger partial charge in [0.15, 0.2) is 0 Å². The van der Waals surface area contributed by atoms with Crippen molar-refractivity contribution in [3.05, 3.63) is 29.6 Å². The van der Waals surface area contributed by atoms with E-state index in [1.54, 1.807) is 12.1 Å². The minimum atomic E-state index is -0.757. The number of halogens is 1. The van der Waals surface area contributed by atoms with Crippen LogP contribution in [-0.4, -0.2) is 33.8 Å². The van der Waals surface area contributed by atoms with Crippen LogP contribution >= 0.6 is 12.2 Å². The lowest BCUT2D eigenvalue weighted by Gasteiger charge is -2.30. The van der Waals surface area contributed by atoms with Gasteiger partial charge < -0.3 is 10.6 Å². The first-order chi connectivity index (χ1) is 8.09. The van der Waals surface area contributed by atoms with E-state index in [4.69, 9.17) is 18.0 Å². The van der Waals surface area contributed by atoms with Crippen molar-refractivity contribution in [1.29, 1.82) is 0 Å². The van der Waals surface area contributed by atoms with E-state index < -0.39 is 16.6 Å². The molecule has 0 spiro atoms. The van der Waals surface area contributed by atoms with Gasteiger partial charge >= 0.3 is 0 Å². The van der Waals surface area contributed by atoms with Gasteiger partial charge in [-0.2, -0.15) is 0 Å². The first-order valence-electron chi connectivity index (χ1n) is 5.28. The topological polar surface area (TPSA) is 46.3 Å². The summed E-state index contributed by atoms with van der Waals surface area (Å²) in [7, 11) is -0.757. The number of benzene rings is 1. The molecule has 1 fully saturated rings. The molecule has 2 N–H and O–H groups in total. The summed E-state index contributed by atoms with van der Waals surface area (Å²) in [6.07, 6.45) is 0. The van der Waals surface area contributed by atoms with Crippen LogP contribution in [-0.2, 0) is 10.8 Å². The average molecular weight is 272 g/mol. The maximum Gasteiger partial charge on any atom is 0.135 e. The summed E-state index contributed by atoms with van der Waals surface area (Å²) >= 11 is 4.88. The van der Waals surface area contributed by atoms with Gasteiger partial charge in [-0.3, -0.25) is 4.21 Å². The van der Waals surface area contributed by atoms with Crippen LogP contribution in [0.15, 0.2) is 18.2 Å². The summed E-state index contributed by atoms with van der Waals surface area (Å²) in [6, 6.07) is 4.78. The minimum absolute atomic E-state index is 0.0600. The molecule has 0 saturated carbocycles. The van der Waals surface area contributed by atoms with E-state index in [1.807, 2.05) is 4.90 Å². The fourth-order valence-electron chi connectivity index (χ4n) is 1.90. The highest BCUT2D eigenvalue weighted by Gasteiger charge is 2.20. The highest BCUT2D eigenvalue weighted by molar-refractivity contribution is 7.85. The van der Waals surface area contributed by atoms with E-state index in [0.717, 1.165) is 0 Å². The van der Waals surface area contributed by atoms with E-state index in [0.29, 0.717) is 30.3 Å². The van der Waals surface area contributed by atoms with Crippen molar-refractivity contribution in [3.8, 4) is 0 Å². The summed E-state index contributed by atoms with van der Waals surface area (Å²) in [5.74, 6) is 0.808. The Labute approximate surface area is 107 Å². The zero-order valence-electron chi connectivity index (χ0n) is 9.19. The largest absolute Gasteiger partial charge is 0.389 e. The van der Waals surface area contributed by atoms with Gasteiger partial charge in [0, 0.05) is 41.1 Å². The van der Waals surface area contributed by atoms with Crippen molar-refractivity contribution in [2.45, 2.75) is 0 Å². The van der Waals surface area contributed by atoms with Crippen molar-refractivity contribution in [2.75, 3.05) is 29.5 Å². The predicted molar refractivity (Wildman–Crippen MR) is 72.4 cm³/mol. The van der Waals surface area contributed by atoms with Crippen molar-refractivity contribution < 1.29 is 8.60 Å². The Hall–Kier alpha value is -1.01. The summed E-state index contributed by atoms with van der Waals surface area (Å²) in [5, 5.41) is 0. The molecule has 0 unspecified atom stereocenters. The van der Waals surface area contributed by atoms with E-state index in [1.165, 1.54) is 6.07 Å². The summed E-state index contributed by atoms with van der Waals surface area (Å²) in [5.41, 5.74) is 6.54. The zero-order chi connectivity index (χ0) is 12.4. The van der Waals surface area contributed by atoms with Crippen molar-refractivity contribution in [2.24, 2.45) is 5.73 Å². The van der Waals surface area contributed by atoms with E-state index in [-0.39, 0.29) is 10.6 Å². The van der Waals surface area contributed by atoms with Crippen LogP contribution < -0.4 is 10.6 Å². The van der Waals surface area contributed by atoms with Gasteiger partial charge in [-0.05, 0) is 12.1 Å². The number of hydrogen-bond acceptors (Lipinski definition) is 3. The maximum atomic E-state index is 13.7. The average Bonchev–Trinajstić information content (AvgIpc) is 2.29. The minimum Gasteiger partial charge on any atom is -0.389 e. The Bertz CT molecular complexity index is 469. The fraction of sp³-hybridized carbons (Fsp3) is 0.364. The smallest absolute Gasteiger partial charge is 0.135 e. The third-order valence-corrected chi connectivity index (χ3v) is 4.24. The van der Waals surface area contributed by atoms with E-state index in [2.05, 4.69) is 0 Å². The predicted octanol–water partition coefficient (Wildman–Crippen LogP) is 1.03. The molecule has 92 valence electrons. The van der Waals surface area contributed by atoms with Crippen molar-refractivity contribution in [3.63, 3.8) is 0 Å².